The van der Waals surface area contributed by atoms with Gasteiger partial charge in [-0.2, -0.15) is 4.31 Å². The number of nitrogens with one attached hydrogen (secondary N) is 1. The van der Waals surface area contributed by atoms with E-state index in [1.165, 1.54) is 29.6 Å². The van der Waals surface area contributed by atoms with Gasteiger partial charge in [0.05, 0.1) is 15.5 Å². The van der Waals surface area contributed by atoms with E-state index in [-0.39, 0.29) is 27.4 Å². The van der Waals surface area contributed by atoms with Gasteiger partial charge in [0.15, 0.2) is 0 Å². The van der Waals surface area contributed by atoms with Crippen LogP contribution < -0.4 is 5.32 Å². The van der Waals surface area contributed by atoms with E-state index in [9.17, 15) is 13.2 Å². The zero-order valence-electron chi connectivity index (χ0n) is 15.0. The van der Waals surface area contributed by atoms with Crippen molar-refractivity contribution >= 4 is 27.5 Å². The van der Waals surface area contributed by atoms with Gasteiger partial charge in [0.2, 0.25) is 10.0 Å². The zero-order chi connectivity index (χ0) is 18.5. The van der Waals surface area contributed by atoms with E-state index in [0.717, 1.165) is 12.8 Å². The molecule has 1 N–H and O–H groups in total. The number of nitrogens with zero attached hydrogens (tertiary/aromatic N) is 1. The van der Waals surface area contributed by atoms with Crippen LogP contribution in [0, 0.1) is 5.92 Å². The molecule has 0 atom stereocenters. The van der Waals surface area contributed by atoms with Crippen molar-refractivity contribution in [2.45, 2.75) is 51.5 Å². The third kappa shape index (κ3) is 5.46. The number of carbonyl (C=O) groups excluding carboxylic acids is 1. The molecule has 0 saturated heterocycles. The number of rotatable bonds is 8. The molecule has 0 radical (unpaired) electrons. The lowest BCUT2D eigenvalue weighted by molar-refractivity contribution is 0.0952. The van der Waals surface area contributed by atoms with Crippen LogP contribution in [0.5, 0.6) is 0 Å². The number of benzene rings is 1. The second kappa shape index (κ2) is 8.83. The van der Waals surface area contributed by atoms with Gasteiger partial charge >= 0.3 is 0 Å². The Kier molecular flexibility index (Phi) is 7.70. The fraction of sp³-hybridized carbons (Fsp3) is 0.588. The topological polar surface area (TPSA) is 66.5 Å². The lowest BCUT2D eigenvalue weighted by Crippen LogP contribution is -2.33. The number of sulfonamides is 1. The smallest absolute Gasteiger partial charge is 0.252 e. The van der Waals surface area contributed by atoms with E-state index in [1.807, 2.05) is 0 Å². The first-order valence-electron chi connectivity index (χ1n) is 8.13. The summed E-state index contributed by atoms with van der Waals surface area (Å²) in [7, 11) is -2.14. The quantitative estimate of drug-likeness (QED) is 0.708. The van der Waals surface area contributed by atoms with Crippen LogP contribution in [0.4, 0.5) is 0 Å². The first kappa shape index (κ1) is 20.9. The summed E-state index contributed by atoms with van der Waals surface area (Å²) < 4.78 is 26.4. The van der Waals surface area contributed by atoms with Gasteiger partial charge in [-0.25, -0.2) is 8.42 Å². The van der Waals surface area contributed by atoms with Crippen molar-refractivity contribution in [2.24, 2.45) is 5.92 Å². The third-order valence-corrected chi connectivity index (χ3v) is 6.19. The van der Waals surface area contributed by atoms with Gasteiger partial charge in [-0.05, 0) is 50.8 Å². The maximum Gasteiger partial charge on any atom is 0.252 e. The molecule has 1 rings (SSSR count). The summed E-state index contributed by atoms with van der Waals surface area (Å²) in [6.07, 6.45) is 1.89. The maximum absolute atomic E-state index is 12.5. The molecule has 0 spiro atoms. The summed E-state index contributed by atoms with van der Waals surface area (Å²) in [5, 5.41) is 3.03. The molecule has 0 aliphatic carbocycles. The molecule has 1 amide bonds. The summed E-state index contributed by atoms with van der Waals surface area (Å²) in [6.45, 7) is 8.36. The Hall–Kier alpha value is -1.11. The first-order chi connectivity index (χ1) is 11.1. The average molecular weight is 375 g/mol. The Morgan fingerprint density at radius 1 is 1.25 bits per heavy atom. The molecule has 5 nitrogen and oxygen atoms in total. The van der Waals surface area contributed by atoms with Crippen LogP contribution in [0.2, 0.25) is 5.02 Å². The predicted octanol–water partition coefficient (Wildman–Crippen LogP) is 3.53. The van der Waals surface area contributed by atoms with Gasteiger partial charge in [0.1, 0.15) is 0 Å². The Morgan fingerprint density at radius 3 is 2.42 bits per heavy atom. The summed E-state index contributed by atoms with van der Waals surface area (Å²) in [5.41, 5.74) is 0.180. The van der Waals surface area contributed by atoms with Crippen LogP contribution in [-0.2, 0) is 10.0 Å². The lowest BCUT2D eigenvalue weighted by Gasteiger charge is -2.21. The highest BCUT2D eigenvalue weighted by atomic mass is 35.5. The molecule has 0 bridgehead atoms. The molecule has 24 heavy (non-hydrogen) atoms. The highest BCUT2D eigenvalue weighted by molar-refractivity contribution is 7.89. The molecule has 0 saturated carbocycles. The SMILES string of the molecule is CC(C)CCCNC(=O)c1cc(S(=O)(=O)N(C)C(C)C)ccc1Cl. The van der Waals surface area contributed by atoms with Crippen LogP contribution in [0.25, 0.3) is 0 Å². The Morgan fingerprint density at radius 2 is 1.88 bits per heavy atom. The van der Waals surface area contributed by atoms with E-state index in [1.54, 1.807) is 13.8 Å². The zero-order valence-corrected chi connectivity index (χ0v) is 16.5. The van der Waals surface area contributed by atoms with Crippen molar-refractivity contribution in [1.29, 1.82) is 0 Å². The Bertz CT molecular complexity index is 672. The molecule has 7 heteroatoms. The standard InChI is InChI=1S/C17H27ClN2O3S/c1-12(2)7-6-10-19-17(21)15-11-14(8-9-16(15)18)24(22,23)20(5)13(3)4/h8-9,11-13H,6-7,10H2,1-5H3,(H,19,21). The molecule has 136 valence electrons. The van der Waals surface area contributed by atoms with Crippen LogP contribution in [-0.4, -0.2) is 38.3 Å². The van der Waals surface area contributed by atoms with Crippen molar-refractivity contribution in [2.75, 3.05) is 13.6 Å². The van der Waals surface area contributed by atoms with E-state index in [0.29, 0.717) is 12.5 Å². The van der Waals surface area contributed by atoms with E-state index in [2.05, 4.69) is 19.2 Å². The van der Waals surface area contributed by atoms with Crippen LogP contribution in [0.3, 0.4) is 0 Å². The van der Waals surface area contributed by atoms with Gasteiger partial charge in [-0.3, -0.25) is 4.79 Å². The van der Waals surface area contributed by atoms with Gasteiger partial charge in [-0.15, -0.1) is 0 Å². The third-order valence-electron chi connectivity index (χ3n) is 3.83. The summed E-state index contributed by atoms with van der Waals surface area (Å²) in [4.78, 5) is 12.4. The minimum Gasteiger partial charge on any atom is -0.352 e. The second-order valence-electron chi connectivity index (χ2n) is 6.55. The molecule has 0 fully saturated rings. The fourth-order valence-corrected chi connectivity index (χ4v) is 3.69. The maximum atomic E-state index is 12.5. The van der Waals surface area contributed by atoms with Gasteiger partial charge < -0.3 is 5.32 Å². The molecule has 0 unspecified atom stereocenters. The molecular weight excluding hydrogens is 348 g/mol. The highest BCUT2D eigenvalue weighted by Crippen LogP contribution is 2.23. The highest BCUT2D eigenvalue weighted by Gasteiger charge is 2.24. The summed E-state index contributed by atoms with van der Waals surface area (Å²) in [5.74, 6) is 0.221. The van der Waals surface area contributed by atoms with Crippen molar-refractivity contribution in [3.05, 3.63) is 28.8 Å². The molecule has 1 aromatic rings. The Balaban J connectivity index is 2.96. The van der Waals surface area contributed by atoms with E-state index in [4.69, 9.17) is 11.6 Å². The largest absolute Gasteiger partial charge is 0.352 e. The van der Waals surface area contributed by atoms with E-state index >= 15 is 0 Å². The van der Waals surface area contributed by atoms with Crippen molar-refractivity contribution in [3.8, 4) is 0 Å². The van der Waals surface area contributed by atoms with Gasteiger partial charge in [0.25, 0.3) is 5.91 Å². The van der Waals surface area contributed by atoms with Crippen LogP contribution in [0.15, 0.2) is 23.1 Å². The molecule has 0 aliphatic heterocycles. The first-order valence-corrected chi connectivity index (χ1v) is 9.95. The minimum atomic E-state index is -3.65. The van der Waals surface area contributed by atoms with Crippen molar-refractivity contribution in [3.63, 3.8) is 0 Å². The predicted molar refractivity (Wildman–Crippen MR) is 97.9 cm³/mol. The van der Waals surface area contributed by atoms with Crippen molar-refractivity contribution in [1.82, 2.24) is 9.62 Å². The van der Waals surface area contributed by atoms with Crippen molar-refractivity contribution < 1.29 is 13.2 Å². The average Bonchev–Trinajstić information content (AvgIpc) is 2.50. The number of hydrogen-bond donors (Lipinski definition) is 1. The fourth-order valence-electron chi connectivity index (χ4n) is 2.09. The molecule has 0 aliphatic rings. The number of carbonyl (C=O) groups is 1. The molecule has 1 aromatic carbocycles. The number of amides is 1. The van der Waals surface area contributed by atoms with Crippen LogP contribution in [0.1, 0.15) is 50.9 Å². The minimum absolute atomic E-state index is 0.0652. The monoisotopic (exact) mass is 374 g/mol. The molecule has 0 aromatic heterocycles. The normalized spacial score (nSPS) is 12.2. The van der Waals surface area contributed by atoms with Crippen LogP contribution >= 0.6 is 11.6 Å². The second-order valence-corrected chi connectivity index (χ2v) is 8.95. The molecular formula is C17H27ClN2O3S. The Labute approximate surface area is 150 Å². The lowest BCUT2D eigenvalue weighted by atomic mass is 10.1. The van der Waals surface area contributed by atoms with E-state index < -0.39 is 10.0 Å². The molecule has 0 heterocycles. The summed E-state index contributed by atoms with van der Waals surface area (Å²) in [6, 6.07) is 4.03. The van der Waals surface area contributed by atoms with Gasteiger partial charge in [0, 0.05) is 19.6 Å². The number of halogens is 1. The summed E-state index contributed by atoms with van der Waals surface area (Å²) >= 11 is 6.08. The number of hydrogen-bond acceptors (Lipinski definition) is 3. The van der Waals surface area contributed by atoms with Gasteiger partial charge in [-0.1, -0.05) is 25.4 Å².